The number of thiophene rings is 1. The fourth-order valence-corrected chi connectivity index (χ4v) is 2.96. The summed E-state index contributed by atoms with van der Waals surface area (Å²) in [6, 6.07) is 9.74. The molecular weight excluding hydrogens is 278 g/mol. The second kappa shape index (κ2) is 5.46. The predicted octanol–water partition coefficient (Wildman–Crippen LogP) is 3.67. The Morgan fingerprint density at radius 2 is 2.26 bits per heavy atom. The highest BCUT2D eigenvalue weighted by Crippen LogP contribution is 2.28. The molecule has 3 heterocycles. The molecule has 0 bridgehead atoms. The molecule has 2 N–H and O–H groups in total. The van der Waals surface area contributed by atoms with Crippen molar-refractivity contribution < 1.29 is 4.52 Å². The van der Waals surface area contributed by atoms with Gasteiger partial charge in [0.1, 0.15) is 5.82 Å². The van der Waals surface area contributed by atoms with Crippen molar-refractivity contribution in [2.45, 2.75) is 10.6 Å². The van der Waals surface area contributed by atoms with Crippen LogP contribution in [0.15, 0.2) is 51.3 Å². The smallest absolute Gasteiger partial charge is 0.177 e. The van der Waals surface area contributed by atoms with E-state index in [9.17, 15) is 0 Å². The first kappa shape index (κ1) is 12.3. The molecule has 0 spiro atoms. The van der Waals surface area contributed by atoms with Crippen LogP contribution in [0.4, 0.5) is 5.82 Å². The maximum atomic E-state index is 5.54. The number of nitrogen functional groups attached to an aromatic ring is 1. The van der Waals surface area contributed by atoms with E-state index in [1.54, 1.807) is 35.4 Å². The van der Waals surface area contributed by atoms with E-state index < -0.39 is 0 Å². The highest BCUT2D eigenvalue weighted by molar-refractivity contribution is 7.98. The summed E-state index contributed by atoms with van der Waals surface area (Å²) < 4.78 is 5.33. The lowest BCUT2D eigenvalue weighted by molar-refractivity contribution is 0.427. The molecule has 0 fully saturated rings. The van der Waals surface area contributed by atoms with Gasteiger partial charge in [0.05, 0.1) is 10.6 Å². The topological polar surface area (TPSA) is 64.9 Å². The summed E-state index contributed by atoms with van der Waals surface area (Å²) in [7, 11) is 0. The van der Waals surface area contributed by atoms with Crippen molar-refractivity contribution in [3.05, 3.63) is 47.6 Å². The van der Waals surface area contributed by atoms with Gasteiger partial charge in [-0.15, -0.1) is 23.1 Å². The van der Waals surface area contributed by atoms with Crippen molar-refractivity contribution in [2.75, 3.05) is 5.73 Å². The van der Waals surface area contributed by atoms with Crippen LogP contribution < -0.4 is 5.73 Å². The summed E-state index contributed by atoms with van der Waals surface area (Å²) in [5.74, 6) is 2.10. The van der Waals surface area contributed by atoms with Crippen molar-refractivity contribution in [3.8, 4) is 10.6 Å². The van der Waals surface area contributed by atoms with Crippen LogP contribution >= 0.6 is 23.1 Å². The summed E-state index contributed by atoms with van der Waals surface area (Å²) in [4.78, 5) is 6.21. The Bertz CT molecular complexity index is 647. The zero-order valence-electron chi connectivity index (χ0n) is 9.95. The standard InChI is InChI=1S/C13H11N3OS2/c14-13-4-3-10(7-15-13)19-8-9-6-11(17-16-9)12-2-1-5-18-12/h1-7H,8H2,(H2,14,15). The Balaban J connectivity index is 1.66. The van der Waals surface area contributed by atoms with Crippen molar-refractivity contribution in [1.82, 2.24) is 10.1 Å². The Morgan fingerprint density at radius 1 is 1.32 bits per heavy atom. The zero-order chi connectivity index (χ0) is 13.1. The van der Waals surface area contributed by atoms with E-state index in [1.165, 1.54) is 0 Å². The number of pyridine rings is 1. The molecule has 3 rings (SSSR count). The van der Waals surface area contributed by atoms with E-state index >= 15 is 0 Å². The number of hydrogen-bond donors (Lipinski definition) is 1. The molecular formula is C13H11N3OS2. The van der Waals surface area contributed by atoms with E-state index in [0.29, 0.717) is 5.82 Å². The Kier molecular flexibility index (Phi) is 3.52. The number of aromatic nitrogens is 2. The fraction of sp³-hybridized carbons (Fsp3) is 0.0769. The van der Waals surface area contributed by atoms with E-state index in [0.717, 1.165) is 27.0 Å². The molecule has 0 amide bonds. The molecule has 0 aliphatic carbocycles. The third kappa shape index (κ3) is 2.97. The summed E-state index contributed by atoms with van der Waals surface area (Å²) in [6.45, 7) is 0. The minimum atomic E-state index is 0.533. The fourth-order valence-electron chi connectivity index (χ4n) is 1.55. The average Bonchev–Trinajstić information content (AvgIpc) is 3.09. The van der Waals surface area contributed by atoms with Gasteiger partial charge >= 0.3 is 0 Å². The van der Waals surface area contributed by atoms with Crippen LogP contribution in [0.5, 0.6) is 0 Å². The molecule has 19 heavy (non-hydrogen) atoms. The average molecular weight is 289 g/mol. The third-order valence-electron chi connectivity index (χ3n) is 2.47. The normalized spacial score (nSPS) is 10.7. The highest BCUT2D eigenvalue weighted by atomic mass is 32.2. The van der Waals surface area contributed by atoms with Gasteiger partial charge in [-0.2, -0.15) is 0 Å². The van der Waals surface area contributed by atoms with Crippen molar-refractivity contribution in [3.63, 3.8) is 0 Å². The van der Waals surface area contributed by atoms with Gasteiger partial charge in [0, 0.05) is 22.9 Å². The maximum Gasteiger partial charge on any atom is 0.177 e. The maximum absolute atomic E-state index is 5.54. The zero-order valence-corrected chi connectivity index (χ0v) is 11.6. The van der Waals surface area contributed by atoms with Gasteiger partial charge in [-0.1, -0.05) is 11.2 Å². The molecule has 0 aliphatic rings. The molecule has 0 aliphatic heterocycles. The first-order valence-electron chi connectivity index (χ1n) is 5.65. The Morgan fingerprint density at radius 3 is 3.00 bits per heavy atom. The van der Waals surface area contributed by atoms with Crippen LogP contribution in [0.1, 0.15) is 5.69 Å². The van der Waals surface area contributed by atoms with Crippen LogP contribution in [0.25, 0.3) is 10.6 Å². The molecule has 0 saturated heterocycles. The molecule has 96 valence electrons. The number of thioether (sulfide) groups is 1. The minimum absolute atomic E-state index is 0.533. The monoisotopic (exact) mass is 289 g/mol. The minimum Gasteiger partial charge on any atom is -0.384 e. The van der Waals surface area contributed by atoms with Crippen LogP contribution in [0.2, 0.25) is 0 Å². The number of hydrogen-bond acceptors (Lipinski definition) is 6. The van der Waals surface area contributed by atoms with Gasteiger partial charge in [-0.3, -0.25) is 0 Å². The summed E-state index contributed by atoms with van der Waals surface area (Å²) in [6.07, 6.45) is 1.76. The van der Waals surface area contributed by atoms with Crippen molar-refractivity contribution >= 4 is 28.9 Å². The van der Waals surface area contributed by atoms with Crippen LogP contribution in [-0.4, -0.2) is 10.1 Å². The van der Waals surface area contributed by atoms with E-state index in [4.69, 9.17) is 10.3 Å². The van der Waals surface area contributed by atoms with Crippen molar-refractivity contribution in [1.29, 1.82) is 0 Å². The number of anilines is 1. The Labute approximate surface area is 118 Å². The molecule has 0 aromatic carbocycles. The van der Waals surface area contributed by atoms with Crippen LogP contribution in [0.3, 0.4) is 0 Å². The highest BCUT2D eigenvalue weighted by Gasteiger charge is 2.07. The summed E-state index contributed by atoms with van der Waals surface area (Å²) >= 11 is 3.30. The lowest BCUT2D eigenvalue weighted by atomic mass is 10.3. The second-order valence-electron chi connectivity index (χ2n) is 3.87. The number of nitrogens with two attached hydrogens (primary N) is 1. The van der Waals surface area contributed by atoms with Gasteiger partial charge in [-0.05, 0) is 23.6 Å². The van der Waals surface area contributed by atoms with E-state index in [-0.39, 0.29) is 0 Å². The molecule has 0 unspecified atom stereocenters. The SMILES string of the molecule is Nc1ccc(SCc2cc(-c3cccs3)on2)cn1. The second-order valence-corrected chi connectivity index (χ2v) is 5.86. The molecule has 0 radical (unpaired) electrons. The summed E-state index contributed by atoms with van der Waals surface area (Å²) in [5.41, 5.74) is 6.47. The van der Waals surface area contributed by atoms with Crippen molar-refractivity contribution in [2.24, 2.45) is 0 Å². The Hall–Kier alpha value is -1.79. The molecule has 0 saturated carbocycles. The van der Waals surface area contributed by atoms with E-state index in [1.807, 2.05) is 29.6 Å². The lowest BCUT2D eigenvalue weighted by Gasteiger charge is -1.98. The van der Waals surface area contributed by atoms with Crippen LogP contribution in [0, 0.1) is 0 Å². The first-order valence-corrected chi connectivity index (χ1v) is 7.51. The molecule has 4 nitrogen and oxygen atoms in total. The first-order chi connectivity index (χ1) is 9.31. The van der Waals surface area contributed by atoms with Gasteiger partial charge in [0.2, 0.25) is 0 Å². The predicted molar refractivity (Wildman–Crippen MR) is 78.0 cm³/mol. The largest absolute Gasteiger partial charge is 0.384 e. The molecule has 3 aromatic rings. The van der Waals surface area contributed by atoms with Gasteiger partial charge in [0.15, 0.2) is 5.76 Å². The number of nitrogens with zero attached hydrogens (tertiary/aromatic N) is 2. The van der Waals surface area contributed by atoms with E-state index in [2.05, 4.69) is 10.1 Å². The summed E-state index contributed by atoms with van der Waals surface area (Å²) in [5, 5.41) is 6.09. The van der Waals surface area contributed by atoms with Crippen LogP contribution in [-0.2, 0) is 5.75 Å². The number of rotatable bonds is 4. The van der Waals surface area contributed by atoms with Gasteiger partial charge in [0.25, 0.3) is 0 Å². The lowest BCUT2D eigenvalue weighted by Crippen LogP contribution is -1.88. The van der Waals surface area contributed by atoms with Gasteiger partial charge in [-0.25, -0.2) is 4.98 Å². The van der Waals surface area contributed by atoms with Gasteiger partial charge < -0.3 is 10.3 Å². The molecule has 3 aromatic heterocycles. The molecule has 6 heteroatoms. The molecule has 0 atom stereocenters. The third-order valence-corrected chi connectivity index (χ3v) is 4.37. The quantitative estimate of drug-likeness (QED) is 0.742.